The highest BCUT2D eigenvalue weighted by Crippen LogP contribution is 2.47. The standard InChI is InChI=1S/C48H53N7O13/c1-46(2)65-37-32(21-56)63-43(39(37)67-46)54-29(20-35(57)53-45(54)58)22-61-23-33-38-40(68-47(3,4)66-38)44(64-33)55-34(52-36-41(49)50-25-51-42(36)55)24-62-48(26-10-8-7-9-11-26,27-12-16-30(59-5)17-13-27)28-14-18-31(60-6)19-15-28/h7-20,25,32-33,37-40,43-44,56H,21-24H2,1-6H3,(H2,49,50,51)(H,53,57,58)/t32-,33-,37-,38-,39-,40-,43-,44-/m1/s1. The summed E-state index contributed by atoms with van der Waals surface area (Å²) in [5.74, 6) is -0.130. The summed E-state index contributed by atoms with van der Waals surface area (Å²) in [6.07, 6.45) is -4.92. The van der Waals surface area contributed by atoms with Gasteiger partial charge in [-0.3, -0.25) is 18.9 Å². The Kier molecular flexibility index (Phi) is 12.0. The molecule has 0 saturated carbocycles. The Morgan fingerprint density at radius 3 is 1.90 bits per heavy atom. The first-order chi connectivity index (χ1) is 32.7. The van der Waals surface area contributed by atoms with Crippen LogP contribution >= 0.6 is 0 Å². The van der Waals surface area contributed by atoms with Crippen molar-refractivity contribution in [2.24, 2.45) is 0 Å². The lowest BCUT2D eigenvalue weighted by atomic mass is 9.80. The van der Waals surface area contributed by atoms with Crippen LogP contribution in [0.1, 0.15) is 68.4 Å². The van der Waals surface area contributed by atoms with Gasteiger partial charge in [0.2, 0.25) is 0 Å². The number of anilines is 1. The Hall–Kier alpha value is -6.07. The zero-order chi connectivity index (χ0) is 47.5. The summed E-state index contributed by atoms with van der Waals surface area (Å²) in [6.45, 7) is 6.35. The molecule has 358 valence electrons. The number of hydrogen-bond acceptors (Lipinski definition) is 17. The molecule has 68 heavy (non-hydrogen) atoms. The lowest BCUT2D eigenvalue weighted by molar-refractivity contribution is -0.203. The van der Waals surface area contributed by atoms with Gasteiger partial charge in [0.25, 0.3) is 5.56 Å². The quantitative estimate of drug-likeness (QED) is 0.124. The van der Waals surface area contributed by atoms with Crippen LogP contribution in [0.5, 0.6) is 11.5 Å². The molecule has 0 radical (unpaired) electrons. The highest BCUT2D eigenvalue weighted by atomic mass is 16.8. The highest BCUT2D eigenvalue weighted by molar-refractivity contribution is 5.82. The molecular formula is C48H53N7O13. The molecule has 3 aromatic carbocycles. The van der Waals surface area contributed by atoms with Gasteiger partial charge in [-0.05, 0) is 68.7 Å². The third-order valence-electron chi connectivity index (χ3n) is 12.7. The van der Waals surface area contributed by atoms with Gasteiger partial charge in [0.15, 0.2) is 41.0 Å². The Morgan fingerprint density at radius 1 is 0.735 bits per heavy atom. The van der Waals surface area contributed by atoms with Crippen molar-refractivity contribution in [3.05, 3.63) is 140 Å². The Balaban J connectivity index is 0.987. The van der Waals surface area contributed by atoms with Crippen LogP contribution in [0.25, 0.3) is 11.2 Å². The van der Waals surface area contributed by atoms with Crippen molar-refractivity contribution < 1.29 is 52.5 Å². The number of nitrogens with zero attached hydrogens (tertiary/aromatic N) is 5. The van der Waals surface area contributed by atoms with Gasteiger partial charge in [-0.15, -0.1) is 0 Å². The minimum atomic E-state index is -1.21. The van der Waals surface area contributed by atoms with E-state index in [1.54, 1.807) is 32.6 Å². The minimum absolute atomic E-state index is 0.0662. The number of nitrogen functional groups attached to an aromatic ring is 1. The van der Waals surface area contributed by atoms with Gasteiger partial charge in [-0.25, -0.2) is 19.7 Å². The van der Waals surface area contributed by atoms with Crippen molar-refractivity contribution in [2.45, 2.75) is 107 Å². The van der Waals surface area contributed by atoms with Gasteiger partial charge < -0.3 is 58.2 Å². The summed E-state index contributed by atoms with van der Waals surface area (Å²) in [4.78, 5) is 42.5. The van der Waals surface area contributed by atoms with Crippen LogP contribution in [0.4, 0.5) is 5.82 Å². The molecule has 0 bridgehead atoms. The van der Waals surface area contributed by atoms with Crippen LogP contribution in [0.2, 0.25) is 0 Å². The number of aromatic nitrogens is 6. The zero-order valence-corrected chi connectivity index (χ0v) is 38.3. The number of rotatable bonds is 15. The second kappa shape index (κ2) is 17.8. The van der Waals surface area contributed by atoms with Crippen molar-refractivity contribution in [1.29, 1.82) is 0 Å². The van der Waals surface area contributed by atoms with E-state index in [1.807, 2.05) is 92.7 Å². The minimum Gasteiger partial charge on any atom is -0.497 e. The van der Waals surface area contributed by atoms with Crippen molar-refractivity contribution in [3.8, 4) is 11.5 Å². The van der Waals surface area contributed by atoms with Gasteiger partial charge in [0, 0.05) is 6.07 Å². The third-order valence-corrected chi connectivity index (χ3v) is 12.7. The molecule has 4 saturated heterocycles. The van der Waals surface area contributed by atoms with Crippen LogP contribution in [0, 0.1) is 0 Å². The van der Waals surface area contributed by atoms with Gasteiger partial charge in [-0.2, -0.15) is 0 Å². The molecule has 3 aromatic heterocycles. The van der Waals surface area contributed by atoms with E-state index in [1.165, 1.54) is 17.0 Å². The number of methoxy groups -OCH3 is 2. The van der Waals surface area contributed by atoms with E-state index in [2.05, 4.69) is 15.0 Å². The number of aliphatic hydroxyl groups is 1. The number of H-pyrrole nitrogens is 1. The predicted octanol–water partition coefficient (Wildman–Crippen LogP) is 3.83. The first-order valence-corrected chi connectivity index (χ1v) is 22.2. The maximum absolute atomic E-state index is 13.5. The molecule has 6 aromatic rings. The zero-order valence-electron chi connectivity index (χ0n) is 38.3. The molecule has 8 atom stereocenters. The average molecular weight is 936 g/mol. The smallest absolute Gasteiger partial charge is 0.330 e. The number of aliphatic hydroxyl groups excluding tert-OH is 1. The van der Waals surface area contributed by atoms with Crippen LogP contribution in [-0.4, -0.2) is 110 Å². The molecule has 0 amide bonds. The monoisotopic (exact) mass is 935 g/mol. The number of ether oxygens (including phenoxy) is 10. The molecule has 0 aliphatic carbocycles. The van der Waals surface area contributed by atoms with E-state index >= 15 is 0 Å². The first kappa shape index (κ1) is 45.7. The van der Waals surface area contributed by atoms with E-state index in [9.17, 15) is 14.7 Å². The Labute approximate surface area is 389 Å². The summed E-state index contributed by atoms with van der Waals surface area (Å²) in [7, 11) is 3.23. The SMILES string of the molecule is COc1ccc(C(OCc2nc3c(N)ncnc3n2[C@@H]2O[C@H](COCc3cc(=O)[nH]c(=O)n3[C@@H]3O[C@H](CO)[C@H]4OC(C)(C)O[C@H]43)[C@H]3OC(C)(C)O[C@H]32)(c2ccccc2)c2ccc(OC)cc2)cc1. The molecule has 10 rings (SSSR count). The Bertz CT molecular complexity index is 2840. The lowest BCUT2D eigenvalue weighted by Gasteiger charge is -2.36. The summed E-state index contributed by atoms with van der Waals surface area (Å²) in [5, 5.41) is 10.1. The van der Waals surface area contributed by atoms with Crippen molar-refractivity contribution in [3.63, 3.8) is 0 Å². The highest BCUT2D eigenvalue weighted by Gasteiger charge is 2.58. The van der Waals surface area contributed by atoms with E-state index in [0.29, 0.717) is 28.5 Å². The van der Waals surface area contributed by atoms with E-state index in [0.717, 1.165) is 16.7 Å². The summed E-state index contributed by atoms with van der Waals surface area (Å²) < 4.78 is 66.0. The normalized spacial score (nSPS) is 26.0. The van der Waals surface area contributed by atoms with Gasteiger partial charge in [0.1, 0.15) is 72.5 Å². The molecule has 20 nitrogen and oxygen atoms in total. The number of nitrogens with two attached hydrogens (primary N) is 1. The van der Waals surface area contributed by atoms with Gasteiger partial charge in [-0.1, -0.05) is 54.6 Å². The van der Waals surface area contributed by atoms with E-state index in [4.69, 9.17) is 58.1 Å². The largest absolute Gasteiger partial charge is 0.497 e. The van der Waals surface area contributed by atoms with Crippen molar-refractivity contribution >= 4 is 17.0 Å². The second-order valence-corrected chi connectivity index (χ2v) is 17.9. The molecule has 4 fully saturated rings. The van der Waals surface area contributed by atoms with Gasteiger partial charge >= 0.3 is 5.69 Å². The maximum Gasteiger partial charge on any atom is 0.330 e. The predicted molar refractivity (Wildman–Crippen MR) is 240 cm³/mol. The second-order valence-electron chi connectivity index (χ2n) is 17.9. The van der Waals surface area contributed by atoms with E-state index < -0.39 is 77.5 Å². The van der Waals surface area contributed by atoms with Crippen LogP contribution in [0.15, 0.2) is 101 Å². The summed E-state index contributed by atoms with van der Waals surface area (Å²) >= 11 is 0. The van der Waals surface area contributed by atoms with Crippen LogP contribution in [0.3, 0.4) is 0 Å². The fourth-order valence-electron chi connectivity index (χ4n) is 9.83. The third kappa shape index (κ3) is 8.14. The van der Waals surface area contributed by atoms with Crippen molar-refractivity contribution in [2.75, 3.05) is 33.2 Å². The molecule has 20 heteroatoms. The first-order valence-electron chi connectivity index (χ1n) is 22.2. The average Bonchev–Trinajstić information content (AvgIpc) is 4.11. The number of benzene rings is 3. The molecule has 0 spiro atoms. The lowest BCUT2D eigenvalue weighted by Crippen LogP contribution is -2.40. The number of nitrogens with one attached hydrogen (secondary N) is 1. The molecule has 4 N–H and O–H groups in total. The topological polar surface area (TPSA) is 237 Å². The summed E-state index contributed by atoms with van der Waals surface area (Å²) in [6, 6.07) is 26.6. The Morgan fingerprint density at radius 2 is 1.29 bits per heavy atom. The van der Waals surface area contributed by atoms with Gasteiger partial charge in [0.05, 0.1) is 39.7 Å². The molecular weight excluding hydrogens is 883 g/mol. The fraction of sp³-hybridized carbons (Fsp3) is 0.438. The van der Waals surface area contributed by atoms with Crippen molar-refractivity contribution in [1.82, 2.24) is 29.1 Å². The molecule has 0 unspecified atom stereocenters. The molecule has 4 aliphatic rings. The fourth-order valence-corrected chi connectivity index (χ4v) is 9.83. The molecule has 7 heterocycles. The maximum atomic E-state index is 13.5. The number of hydrogen-bond donors (Lipinski definition) is 3. The number of aromatic amines is 1. The van der Waals surface area contributed by atoms with Crippen LogP contribution in [-0.2, 0) is 56.7 Å². The van der Waals surface area contributed by atoms with Crippen LogP contribution < -0.4 is 26.5 Å². The van der Waals surface area contributed by atoms with E-state index in [-0.39, 0.29) is 37.9 Å². The number of imidazole rings is 1. The molecule has 4 aliphatic heterocycles. The summed E-state index contributed by atoms with van der Waals surface area (Å²) in [5.41, 5.74) is 7.28. The number of fused-ring (bicyclic) bond motifs is 3.